The summed E-state index contributed by atoms with van der Waals surface area (Å²) >= 11 is 0. The number of methoxy groups -OCH3 is 1. The first kappa shape index (κ1) is 29.1. The minimum atomic E-state index is -0.662. The summed E-state index contributed by atoms with van der Waals surface area (Å²) < 4.78 is 4.77. The number of nitrogens with zero attached hydrogens (tertiary/aromatic N) is 3. The molecule has 0 bridgehead atoms. The molecule has 9 heteroatoms. The molecule has 0 spiro atoms. The van der Waals surface area contributed by atoms with E-state index in [4.69, 9.17) is 9.72 Å². The van der Waals surface area contributed by atoms with Crippen LogP contribution in [0.4, 0.5) is 4.79 Å². The van der Waals surface area contributed by atoms with E-state index in [9.17, 15) is 9.59 Å². The summed E-state index contributed by atoms with van der Waals surface area (Å²) in [6, 6.07) is 18.5. The van der Waals surface area contributed by atoms with E-state index < -0.39 is 12.1 Å². The largest absolute Gasteiger partial charge is 0.453 e. The summed E-state index contributed by atoms with van der Waals surface area (Å²) in [5.74, 6) is 2.28. The monoisotopic (exact) mass is 604 g/mol. The van der Waals surface area contributed by atoms with Gasteiger partial charge in [0.05, 0.1) is 36.1 Å². The normalized spacial score (nSPS) is 17.9. The second-order valence-corrected chi connectivity index (χ2v) is 12.8. The predicted octanol–water partition coefficient (Wildman–Crippen LogP) is 7.47. The number of imidazole rings is 2. The van der Waals surface area contributed by atoms with E-state index in [0.717, 1.165) is 68.7 Å². The van der Waals surface area contributed by atoms with Gasteiger partial charge in [-0.25, -0.2) is 14.8 Å². The molecule has 7 rings (SSSR count). The summed E-state index contributed by atoms with van der Waals surface area (Å²) in [7, 11) is 1.31. The third-order valence-electron chi connectivity index (χ3n) is 9.60. The van der Waals surface area contributed by atoms with E-state index in [1.54, 1.807) is 0 Å². The average molecular weight is 605 g/mol. The molecule has 9 nitrogen and oxygen atoms in total. The molecule has 1 aliphatic heterocycles. The second-order valence-electron chi connectivity index (χ2n) is 12.8. The van der Waals surface area contributed by atoms with Crippen molar-refractivity contribution in [3.05, 3.63) is 72.4 Å². The first-order chi connectivity index (χ1) is 21.9. The van der Waals surface area contributed by atoms with Gasteiger partial charge in [0, 0.05) is 17.8 Å². The maximum Gasteiger partial charge on any atom is 0.407 e. The molecule has 3 N–H and O–H groups in total. The number of amides is 2. The maximum absolute atomic E-state index is 13.6. The zero-order valence-corrected chi connectivity index (χ0v) is 26.1. The zero-order chi connectivity index (χ0) is 31.1. The Kier molecular flexibility index (Phi) is 7.77. The number of alkyl carbamates (subject to hydrolysis) is 1. The minimum absolute atomic E-state index is 0.0808. The van der Waals surface area contributed by atoms with Gasteiger partial charge in [0.25, 0.3) is 0 Å². The van der Waals surface area contributed by atoms with Crippen LogP contribution in [-0.4, -0.2) is 56.5 Å². The highest BCUT2D eigenvalue weighted by Crippen LogP contribution is 2.36. The van der Waals surface area contributed by atoms with Crippen molar-refractivity contribution >= 4 is 33.8 Å². The lowest BCUT2D eigenvalue weighted by molar-refractivity contribution is -0.135. The molecule has 5 aromatic rings. The lowest BCUT2D eigenvalue weighted by Gasteiger charge is -2.29. The van der Waals surface area contributed by atoms with Crippen LogP contribution in [0, 0.1) is 5.92 Å². The minimum Gasteiger partial charge on any atom is -0.453 e. The molecule has 2 atom stereocenters. The molecule has 1 saturated carbocycles. The molecule has 1 saturated heterocycles. The van der Waals surface area contributed by atoms with Gasteiger partial charge in [-0.15, -0.1) is 0 Å². The fourth-order valence-electron chi connectivity index (χ4n) is 7.08. The molecule has 3 heterocycles. The molecular formula is C36H40N6O3. The van der Waals surface area contributed by atoms with Crippen molar-refractivity contribution < 1.29 is 14.3 Å². The van der Waals surface area contributed by atoms with Gasteiger partial charge in [0.1, 0.15) is 17.7 Å². The maximum atomic E-state index is 13.6. The van der Waals surface area contributed by atoms with Crippen molar-refractivity contribution in [2.24, 2.45) is 5.92 Å². The number of hydrogen-bond donors (Lipinski definition) is 3. The van der Waals surface area contributed by atoms with Crippen molar-refractivity contribution in [3.63, 3.8) is 0 Å². The Labute approximate surface area is 262 Å². The second kappa shape index (κ2) is 12.0. The summed E-state index contributed by atoms with van der Waals surface area (Å²) in [4.78, 5) is 44.2. The Morgan fingerprint density at radius 3 is 2.42 bits per heavy atom. The lowest BCUT2D eigenvalue weighted by atomic mass is 9.99. The summed E-state index contributed by atoms with van der Waals surface area (Å²) in [5.41, 5.74) is 6.35. The quantitative estimate of drug-likeness (QED) is 0.178. The van der Waals surface area contributed by atoms with Crippen LogP contribution in [-0.2, 0) is 9.53 Å². The summed E-state index contributed by atoms with van der Waals surface area (Å²) in [5, 5.41) is 4.89. The van der Waals surface area contributed by atoms with Gasteiger partial charge in [0.15, 0.2) is 0 Å². The standard InChI is InChI=1S/C36H40N6O3/c1-21(2)31(41-36(44)45-3)35(43)42-18-6-9-30(42)34-38-28-17-15-26-19-25(14-16-27(26)32(28)40-34)22-10-12-23(13-11-22)29-20-37-33(39-29)24-7-4-5-8-24/h10-17,19-21,24,30-31H,4-9,18H2,1-3H3,(H,37,39)(H,38,40)(H,41,44). The lowest BCUT2D eigenvalue weighted by Crippen LogP contribution is -2.51. The van der Waals surface area contributed by atoms with E-state index in [1.165, 1.54) is 32.8 Å². The number of carbonyl (C=O) groups is 2. The van der Waals surface area contributed by atoms with Gasteiger partial charge in [0.2, 0.25) is 5.91 Å². The number of H-pyrrole nitrogens is 2. The number of ether oxygens (including phenoxy) is 1. The molecule has 3 aromatic carbocycles. The van der Waals surface area contributed by atoms with Crippen LogP contribution in [0.3, 0.4) is 0 Å². The van der Waals surface area contributed by atoms with Gasteiger partial charge < -0.3 is 24.9 Å². The third-order valence-corrected chi connectivity index (χ3v) is 9.60. The highest BCUT2D eigenvalue weighted by molar-refractivity contribution is 6.05. The van der Waals surface area contributed by atoms with Gasteiger partial charge >= 0.3 is 6.09 Å². The van der Waals surface area contributed by atoms with Gasteiger partial charge in [-0.05, 0) is 65.8 Å². The number of rotatable bonds is 7. The Morgan fingerprint density at radius 2 is 1.67 bits per heavy atom. The fraction of sp³-hybridized carbons (Fsp3) is 0.389. The molecule has 1 aliphatic carbocycles. The Balaban J connectivity index is 1.12. The average Bonchev–Trinajstić information content (AvgIpc) is 3.89. The van der Waals surface area contributed by atoms with Crippen LogP contribution in [0.2, 0.25) is 0 Å². The van der Waals surface area contributed by atoms with Crippen LogP contribution >= 0.6 is 0 Å². The van der Waals surface area contributed by atoms with Crippen LogP contribution in [0.5, 0.6) is 0 Å². The van der Waals surface area contributed by atoms with Crippen molar-refractivity contribution in [3.8, 4) is 22.4 Å². The number of nitrogens with one attached hydrogen (secondary N) is 3. The number of hydrogen-bond acceptors (Lipinski definition) is 5. The number of benzene rings is 3. The molecule has 45 heavy (non-hydrogen) atoms. The van der Waals surface area contributed by atoms with Crippen LogP contribution in [0.1, 0.15) is 76.0 Å². The van der Waals surface area contributed by atoms with E-state index in [2.05, 4.69) is 74.9 Å². The summed E-state index contributed by atoms with van der Waals surface area (Å²) in [6.45, 7) is 4.47. The number of aromatic amines is 2. The third kappa shape index (κ3) is 5.56. The first-order valence-corrected chi connectivity index (χ1v) is 16.1. The number of likely N-dealkylation sites (tertiary alicyclic amines) is 1. The topological polar surface area (TPSA) is 116 Å². The van der Waals surface area contributed by atoms with Crippen molar-refractivity contribution in [2.45, 2.75) is 70.4 Å². The Hall–Kier alpha value is -4.66. The van der Waals surface area contributed by atoms with Crippen molar-refractivity contribution in [2.75, 3.05) is 13.7 Å². The molecular weight excluding hydrogens is 564 g/mol. The number of carbonyl (C=O) groups excluding carboxylic acids is 2. The first-order valence-electron chi connectivity index (χ1n) is 16.1. The van der Waals surface area contributed by atoms with E-state index in [0.29, 0.717) is 12.5 Å². The van der Waals surface area contributed by atoms with Gasteiger partial charge in [-0.3, -0.25) is 4.79 Å². The zero-order valence-electron chi connectivity index (χ0n) is 26.1. The predicted molar refractivity (Wildman–Crippen MR) is 176 cm³/mol. The Bertz CT molecular complexity index is 1850. The van der Waals surface area contributed by atoms with Crippen LogP contribution in [0.25, 0.3) is 44.2 Å². The highest BCUT2D eigenvalue weighted by atomic mass is 16.5. The summed E-state index contributed by atoms with van der Waals surface area (Å²) in [6.07, 6.45) is 8.10. The van der Waals surface area contributed by atoms with Crippen LogP contribution < -0.4 is 5.32 Å². The van der Waals surface area contributed by atoms with Gasteiger partial charge in [-0.1, -0.05) is 69.2 Å². The molecule has 2 unspecified atom stereocenters. The van der Waals surface area contributed by atoms with E-state index >= 15 is 0 Å². The van der Waals surface area contributed by atoms with Crippen LogP contribution in [0.15, 0.2) is 60.8 Å². The molecule has 2 fully saturated rings. The SMILES string of the molecule is COC(=O)NC(C(=O)N1CCCC1c1nc2c(ccc3cc(-c4ccc(-c5cnc(C6CCCC6)[nH]5)cc4)ccc32)[nH]1)C(C)C. The Morgan fingerprint density at radius 1 is 0.911 bits per heavy atom. The van der Waals surface area contributed by atoms with Crippen molar-refractivity contribution in [1.29, 1.82) is 0 Å². The smallest absolute Gasteiger partial charge is 0.407 e. The molecule has 2 aromatic heterocycles. The fourth-order valence-corrected chi connectivity index (χ4v) is 7.08. The molecule has 2 amide bonds. The molecule has 2 aliphatic rings. The van der Waals surface area contributed by atoms with E-state index in [-0.39, 0.29) is 17.9 Å². The number of aromatic nitrogens is 4. The van der Waals surface area contributed by atoms with Crippen molar-refractivity contribution in [1.82, 2.24) is 30.2 Å². The number of fused-ring (bicyclic) bond motifs is 3. The van der Waals surface area contributed by atoms with E-state index in [1.807, 2.05) is 24.9 Å². The van der Waals surface area contributed by atoms with Gasteiger partial charge in [-0.2, -0.15) is 0 Å². The highest BCUT2D eigenvalue weighted by Gasteiger charge is 2.37. The molecule has 0 radical (unpaired) electrons. The molecule has 232 valence electrons.